The van der Waals surface area contributed by atoms with Gasteiger partial charge in [0.2, 0.25) is 0 Å². The molecule has 3 aromatic rings. The smallest absolute Gasteiger partial charge is 0.162 e. The van der Waals surface area contributed by atoms with Crippen molar-refractivity contribution in [2.45, 2.75) is 32.9 Å². The van der Waals surface area contributed by atoms with Gasteiger partial charge >= 0.3 is 0 Å². The molecule has 0 aliphatic carbocycles. The topological polar surface area (TPSA) is 41.5 Å². The quantitative estimate of drug-likeness (QED) is 0.628. The van der Waals surface area contributed by atoms with E-state index in [0.717, 1.165) is 23.1 Å². The molecule has 0 aromatic heterocycles. The van der Waals surface area contributed by atoms with Crippen LogP contribution in [-0.2, 0) is 6.54 Å². The van der Waals surface area contributed by atoms with E-state index < -0.39 is 0 Å². The van der Waals surface area contributed by atoms with Crippen molar-refractivity contribution in [3.63, 3.8) is 0 Å². The van der Waals surface area contributed by atoms with E-state index in [2.05, 4.69) is 56.1 Å². The molecule has 1 atom stereocenters. The number of hydrogen-bond acceptors (Lipinski definition) is 3. The number of aromatic hydroxyl groups is 1. The second kappa shape index (κ2) is 6.75. The Morgan fingerprint density at radius 2 is 2.00 bits per heavy atom. The second-order valence-corrected chi connectivity index (χ2v) is 7.15. The molecule has 0 spiro atoms. The molecule has 1 aliphatic rings. The Morgan fingerprint density at radius 3 is 2.70 bits per heavy atom. The molecule has 0 amide bonds. The summed E-state index contributed by atoms with van der Waals surface area (Å²) in [6, 6.07) is 13.0. The average Bonchev–Trinajstić information content (AvgIpc) is 2.85. The lowest BCUT2D eigenvalue weighted by Crippen LogP contribution is -2.19. The van der Waals surface area contributed by atoms with Gasteiger partial charge < -0.3 is 15.2 Å². The highest BCUT2D eigenvalue weighted by Crippen LogP contribution is 2.44. The molecular formula is C24H25NO2. The average molecular weight is 359 g/mol. The van der Waals surface area contributed by atoms with Gasteiger partial charge in [-0.05, 0) is 64.1 Å². The maximum atomic E-state index is 10.7. The third kappa shape index (κ3) is 2.70. The van der Waals surface area contributed by atoms with Crippen molar-refractivity contribution in [2.24, 2.45) is 0 Å². The van der Waals surface area contributed by atoms with Gasteiger partial charge in [0.05, 0.1) is 7.11 Å². The first-order chi connectivity index (χ1) is 13.1. The summed E-state index contributed by atoms with van der Waals surface area (Å²) < 4.78 is 5.32. The van der Waals surface area contributed by atoms with Crippen LogP contribution in [0.2, 0.25) is 0 Å². The van der Waals surface area contributed by atoms with E-state index in [1.165, 1.54) is 27.5 Å². The fraction of sp³-hybridized carbons (Fsp3) is 0.250. The molecular weight excluding hydrogens is 334 g/mol. The van der Waals surface area contributed by atoms with Crippen molar-refractivity contribution in [3.05, 3.63) is 65.2 Å². The molecule has 138 valence electrons. The van der Waals surface area contributed by atoms with Crippen LogP contribution in [0.15, 0.2) is 43.0 Å². The molecule has 1 aliphatic heterocycles. The lowest BCUT2D eigenvalue weighted by Gasteiger charge is -2.20. The first-order valence-electron chi connectivity index (χ1n) is 9.41. The number of aryl methyl sites for hydroxylation is 1. The van der Waals surface area contributed by atoms with Gasteiger partial charge in [0, 0.05) is 18.2 Å². The Labute approximate surface area is 160 Å². The summed E-state index contributed by atoms with van der Waals surface area (Å²) in [5, 5.41) is 16.8. The van der Waals surface area contributed by atoms with Crippen molar-refractivity contribution < 1.29 is 9.84 Å². The van der Waals surface area contributed by atoms with Crippen molar-refractivity contribution in [2.75, 3.05) is 7.11 Å². The first-order valence-corrected chi connectivity index (χ1v) is 9.41. The highest BCUT2D eigenvalue weighted by molar-refractivity contribution is 5.95. The number of fused-ring (bicyclic) bond motifs is 5. The molecule has 0 fully saturated rings. The normalized spacial score (nSPS) is 15.7. The molecule has 3 aromatic carbocycles. The van der Waals surface area contributed by atoms with Crippen LogP contribution >= 0.6 is 0 Å². The van der Waals surface area contributed by atoms with E-state index >= 15 is 0 Å². The second-order valence-electron chi connectivity index (χ2n) is 7.15. The number of phenolic OH excluding ortho intramolecular Hbond substituents is 1. The van der Waals surface area contributed by atoms with Crippen molar-refractivity contribution in [1.29, 1.82) is 0 Å². The maximum Gasteiger partial charge on any atom is 0.162 e. The van der Waals surface area contributed by atoms with Gasteiger partial charge in [-0.25, -0.2) is 0 Å². The fourth-order valence-corrected chi connectivity index (χ4v) is 4.24. The fourth-order valence-electron chi connectivity index (χ4n) is 4.24. The number of methoxy groups -OCH3 is 1. The van der Waals surface area contributed by atoms with Crippen LogP contribution in [0.1, 0.15) is 41.6 Å². The van der Waals surface area contributed by atoms with Gasteiger partial charge in [0.25, 0.3) is 0 Å². The minimum atomic E-state index is 0.210. The molecule has 0 radical (unpaired) electrons. The summed E-state index contributed by atoms with van der Waals surface area (Å²) in [6.07, 6.45) is 2.89. The zero-order valence-electron chi connectivity index (χ0n) is 16.1. The van der Waals surface area contributed by atoms with E-state index in [9.17, 15) is 5.11 Å². The number of hydrogen-bond donors (Lipinski definition) is 2. The van der Waals surface area contributed by atoms with Crippen LogP contribution in [-0.4, -0.2) is 12.2 Å². The molecule has 1 unspecified atom stereocenters. The van der Waals surface area contributed by atoms with Crippen LogP contribution in [0.3, 0.4) is 0 Å². The Kier molecular flexibility index (Phi) is 4.40. The minimum absolute atomic E-state index is 0.210. The molecule has 0 bridgehead atoms. The first kappa shape index (κ1) is 17.6. The number of nitrogens with one attached hydrogen (secondary N) is 1. The van der Waals surface area contributed by atoms with E-state index in [-0.39, 0.29) is 11.8 Å². The summed E-state index contributed by atoms with van der Waals surface area (Å²) >= 11 is 0. The summed E-state index contributed by atoms with van der Waals surface area (Å²) in [6.45, 7) is 8.89. The predicted octanol–water partition coefficient (Wildman–Crippen LogP) is 5.73. The van der Waals surface area contributed by atoms with E-state index in [1.807, 2.05) is 12.1 Å². The minimum Gasteiger partial charge on any atom is -0.504 e. The molecule has 1 heterocycles. The summed E-state index contributed by atoms with van der Waals surface area (Å²) in [7, 11) is 1.58. The summed E-state index contributed by atoms with van der Waals surface area (Å²) in [4.78, 5) is 0. The molecule has 3 nitrogen and oxygen atoms in total. The summed E-state index contributed by atoms with van der Waals surface area (Å²) in [5.41, 5.74) is 6.81. The lowest BCUT2D eigenvalue weighted by atomic mass is 9.87. The third-order valence-electron chi connectivity index (χ3n) is 5.71. The van der Waals surface area contributed by atoms with Crippen LogP contribution in [0, 0.1) is 6.92 Å². The molecule has 4 rings (SSSR count). The van der Waals surface area contributed by atoms with Crippen molar-refractivity contribution in [3.8, 4) is 22.6 Å². The number of phenols is 1. The Bertz CT molecular complexity index is 1050. The monoisotopic (exact) mass is 359 g/mol. The predicted molar refractivity (Wildman–Crippen MR) is 112 cm³/mol. The Balaban J connectivity index is 2.08. The van der Waals surface area contributed by atoms with Gasteiger partial charge in [-0.1, -0.05) is 43.8 Å². The molecule has 0 saturated carbocycles. The van der Waals surface area contributed by atoms with Gasteiger partial charge in [-0.2, -0.15) is 0 Å². The Hall–Kier alpha value is -2.78. The highest BCUT2D eigenvalue weighted by Gasteiger charge is 2.26. The zero-order valence-corrected chi connectivity index (χ0v) is 16.1. The van der Waals surface area contributed by atoms with Crippen LogP contribution < -0.4 is 10.1 Å². The lowest BCUT2D eigenvalue weighted by molar-refractivity contribution is 0.369. The standard InChI is InChI=1S/C24H25NO2/c1-5-15-12-19-16(11-14(15)3)7-8-18-17-9-10-22(27-4)24(26)20(17)13-25-21(6-2)23(18)19/h5,7-12,21,25-26H,1,6,13H2,2-4H3. The van der Waals surface area contributed by atoms with Gasteiger partial charge in [-0.3, -0.25) is 0 Å². The number of benzene rings is 3. The SMILES string of the molecule is C=Cc1cc2c3c(ccc2cc1C)-c1ccc(OC)c(O)c1CNC3CC. The Morgan fingerprint density at radius 1 is 1.22 bits per heavy atom. The molecule has 0 saturated heterocycles. The number of ether oxygens (including phenoxy) is 1. The van der Waals surface area contributed by atoms with Crippen LogP contribution in [0.25, 0.3) is 28.0 Å². The molecule has 2 N–H and O–H groups in total. The van der Waals surface area contributed by atoms with Crippen LogP contribution in [0.5, 0.6) is 11.5 Å². The highest BCUT2D eigenvalue weighted by atomic mass is 16.5. The van der Waals surface area contributed by atoms with Gasteiger partial charge in [-0.15, -0.1) is 0 Å². The zero-order chi connectivity index (χ0) is 19.1. The van der Waals surface area contributed by atoms with Crippen molar-refractivity contribution in [1.82, 2.24) is 5.32 Å². The van der Waals surface area contributed by atoms with Gasteiger partial charge in [0.1, 0.15) is 0 Å². The van der Waals surface area contributed by atoms with E-state index in [4.69, 9.17) is 4.74 Å². The summed E-state index contributed by atoms with van der Waals surface area (Å²) in [5.74, 6) is 0.735. The number of rotatable bonds is 3. The van der Waals surface area contributed by atoms with Crippen LogP contribution in [0.4, 0.5) is 0 Å². The maximum absolute atomic E-state index is 10.7. The largest absolute Gasteiger partial charge is 0.504 e. The van der Waals surface area contributed by atoms with E-state index in [0.29, 0.717) is 12.3 Å². The van der Waals surface area contributed by atoms with E-state index in [1.54, 1.807) is 7.11 Å². The van der Waals surface area contributed by atoms with Crippen molar-refractivity contribution >= 4 is 16.8 Å². The third-order valence-corrected chi connectivity index (χ3v) is 5.71. The molecule has 27 heavy (non-hydrogen) atoms. The molecule has 3 heteroatoms. The van der Waals surface area contributed by atoms with Gasteiger partial charge in [0.15, 0.2) is 11.5 Å².